The molecule has 1 aliphatic rings. The lowest BCUT2D eigenvalue weighted by Gasteiger charge is -2.26. The molecule has 0 bridgehead atoms. The van der Waals surface area contributed by atoms with Crippen LogP contribution in [0.4, 0.5) is 0 Å². The lowest BCUT2D eigenvalue weighted by Crippen LogP contribution is -2.29. The van der Waals surface area contributed by atoms with Gasteiger partial charge in [0.15, 0.2) is 5.65 Å². The lowest BCUT2D eigenvalue weighted by atomic mass is 10.0. The second-order valence-corrected chi connectivity index (χ2v) is 8.77. The van der Waals surface area contributed by atoms with E-state index < -0.39 is 0 Å². The van der Waals surface area contributed by atoms with Crippen LogP contribution in [0.5, 0.6) is 0 Å². The van der Waals surface area contributed by atoms with Crippen molar-refractivity contribution in [1.29, 1.82) is 0 Å². The van der Waals surface area contributed by atoms with Crippen LogP contribution in [0.25, 0.3) is 44.5 Å². The summed E-state index contributed by atoms with van der Waals surface area (Å²) >= 11 is 6.63. The van der Waals surface area contributed by atoms with Crippen molar-refractivity contribution in [3.8, 4) is 22.5 Å². The number of rotatable bonds is 3. The van der Waals surface area contributed by atoms with Gasteiger partial charge in [-0.05, 0) is 66.5 Å². The summed E-state index contributed by atoms with van der Waals surface area (Å²) in [4.78, 5) is 9.99. The zero-order valence-electron chi connectivity index (χ0n) is 17.6. The molecule has 1 fully saturated rings. The molecule has 0 aliphatic carbocycles. The van der Waals surface area contributed by atoms with Gasteiger partial charge in [-0.25, -0.2) is 9.97 Å². The first-order chi connectivity index (χ1) is 15.8. The number of piperidine rings is 1. The number of halogens is 1. The van der Waals surface area contributed by atoms with Crippen LogP contribution in [0.1, 0.15) is 18.9 Å². The van der Waals surface area contributed by atoms with Gasteiger partial charge in [-0.2, -0.15) is 0 Å². The number of nitrogens with zero attached hydrogens (tertiary/aromatic N) is 3. The minimum Gasteiger partial charge on any atom is -0.317 e. The van der Waals surface area contributed by atoms with Crippen LogP contribution in [-0.4, -0.2) is 27.6 Å². The van der Waals surface area contributed by atoms with E-state index in [1.165, 1.54) is 10.8 Å². The first-order valence-corrected chi connectivity index (χ1v) is 11.5. The largest absolute Gasteiger partial charge is 0.317 e. The zero-order valence-corrected chi connectivity index (χ0v) is 18.4. The highest BCUT2D eigenvalue weighted by atomic mass is 35.5. The van der Waals surface area contributed by atoms with Gasteiger partial charge in [-0.15, -0.1) is 0 Å². The van der Waals surface area contributed by atoms with Gasteiger partial charge in [0.1, 0.15) is 11.3 Å². The number of aromatic nitrogens is 3. The van der Waals surface area contributed by atoms with Crippen molar-refractivity contribution in [2.45, 2.75) is 18.9 Å². The van der Waals surface area contributed by atoms with Crippen molar-refractivity contribution >= 4 is 33.5 Å². The zero-order chi connectivity index (χ0) is 21.5. The molecule has 0 saturated carbocycles. The predicted molar refractivity (Wildman–Crippen MR) is 132 cm³/mol. The molecule has 2 aromatic heterocycles. The number of imidazole rings is 1. The first kappa shape index (κ1) is 19.5. The Kier molecular flexibility index (Phi) is 4.90. The molecular formula is C27H23ClN4. The van der Waals surface area contributed by atoms with Gasteiger partial charge in [0.2, 0.25) is 0 Å². The van der Waals surface area contributed by atoms with Crippen molar-refractivity contribution in [1.82, 2.24) is 19.9 Å². The molecule has 1 saturated heterocycles. The third-order valence-electron chi connectivity index (χ3n) is 6.43. The molecule has 6 rings (SSSR count). The Bertz CT molecular complexity index is 1430. The molecule has 3 aromatic carbocycles. The fourth-order valence-electron chi connectivity index (χ4n) is 4.82. The number of fused-ring (bicyclic) bond motifs is 2. The van der Waals surface area contributed by atoms with E-state index in [1.807, 2.05) is 24.4 Å². The van der Waals surface area contributed by atoms with Gasteiger partial charge in [-0.1, -0.05) is 60.1 Å². The molecular weight excluding hydrogens is 416 g/mol. The van der Waals surface area contributed by atoms with Crippen LogP contribution >= 0.6 is 11.6 Å². The van der Waals surface area contributed by atoms with Crippen molar-refractivity contribution in [3.05, 3.63) is 84.0 Å². The van der Waals surface area contributed by atoms with Crippen molar-refractivity contribution in [2.75, 3.05) is 13.1 Å². The Morgan fingerprint density at radius 3 is 2.47 bits per heavy atom. The van der Waals surface area contributed by atoms with Crippen LogP contribution in [-0.2, 0) is 0 Å². The third kappa shape index (κ3) is 3.27. The third-order valence-corrected chi connectivity index (χ3v) is 6.76. The van der Waals surface area contributed by atoms with E-state index in [1.54, 1.807) is 0 Å². The molecule has 0 atom stereocenters. The summed E-state index contributed by atoms with van der Waals surface area (Å²) in [6.45, 7) is 1.99. The molecule has 158 valence electrons. The average Bonchev–Trinajstić information content (AvgIpc) is 3.24. The van der Waals surface area contributed by atoms with Crippen molar-refractivity contribution in [2.24, 2.45) is 0 Å². The monoisotopic (exact) mass is 438 g/mol. The molecule has 0 radical (unpaired) electrons. The summed E-state index contributed by atoms with van der Waals surface area (Å²) in [5, 5.41) is 6.64. The van der Waals surface area contributed by atoms with Gasteiger partial charge in [0, 0.05) is 23.4 Å². The van der Waals surface area contributed by atoms with E-state index in [2.05, 4.69) is 64.5 Å². The maximum absolute atomic E-state index is 6.63. The summed E-state index contributed by atoms with van der Waals surface area (Å²) in [5.74, 6) is 0.901. The summed E-state index contributed by atoms with van der Waals surface area (Å²) < 4.78 is 2.32. The quantitative estimate of drug-likeness (QED) is 0.349. The summed E-state index contributed by atoms with van der Waals surface area (Å²) in [7, 11) is 0. The number of hydrogen-bond donors (Lipinski definition) is 1. The topological polar surface area (TPSA) is 42.7 Å². The molecule has 1 aliphatic heterocycles. The van der Waals surface area contributed by atoms with E-state index in [9.17, 15) is 0 Å². The predicted octanol–water partition coefficient (Wildman–Crippen LogP) is 6.50. The lowest BCUT2D eigenvalue weighted by molar-refractivity contribution is 0.376. The smallest absolute Gasteiger partial charge is 0.161 e. The molecule has 3 heterocycles. The SMILES string of the molecule is Clc1ccccc1-c1nc2c(-c3ccc4ccccc4c3)ccnc2n1C1CCNCC1. The van der Waals surface area contributed by atoms with Crippen molar-refractivity contribution < 1.29 is 0 Å². The summed E-state index contributed by atoms with van der Waals surface area (Å²) in [6.07, 6.45) is 4.00. The Labute approximate surface area is 191 Å². The Morgan fingerprint density at radius 1 is 0.844 bits per heavy atom. The minimum atomic E-state index is 0.340. The number of hydrogen-bond acceptors (Lipinski definition) is 3. The molecule has 5 heteroatoms. The first-order valence-electron chi connectivity index (χ1n) is 11.1. The highest BCUT2D eigenvalue weighted by molar-refractivity contribution is 6.33. The highest BCUT2D eigenvalue weighted by Crippen LogP contribution is 2.37. The maximum Gasteiger partial charge on any atom is 0.161 e. The summed E-state index contributed by atoms with van der Waals surface area (Å²) in [5.41, 5.74) is 5.06. The van der Waals surface area contributed by atoms with Gasteiger partial charge in [-0.3, -0.25) is 0 Å². The molecule has 0 spiro atoms. The normalized spacial score (nSPS) is 14.9. The van der Waals surface area contributed by atoms with Gasteiger partial charge in [0.05, 0.1) is 5.02 Å². The average molecular weight is 439 g/mol. The van der Waals surface area contributed by atoms with E-state index in [0.29, 0.717) is 11.1 Å². The van der Waals surface area contributed by atoms with Crippen LogP contribution in [0.3, 0.4) is 0 Å². The Morgan fingerprint density at radius 2 is 1.62 bits per heavy atom. The van der Waals surface area contributed by atoms with E-state index in [-0.39, 0.29) is 0 Å². The number of pyridine rings is 1. The van der Waals surface area contributed by atoms with Crippen molar-refractivity contribution in [3.63, 3.8) is 0 Å². The van der Waals surface area contributed by atoms with Gasteiger partial charge >= 0.3 is 0 Å². The molecule has 4 nitrogen and oxygen atoms in total. The highest BCUT2D eigenvalue weighted by Gasteiger charge is 2.25. The van der Waals surface area contributed by atoms with E-state index in [0.717, 1.165) is 59.6 Å². The molecule has 0 unspecified atom stereocenters. The van der Waals surface area contributed by atoms with Gasteiger partial charge < -0.3 is 9.88 Å². The standard InChI is InChI=1S/C27H23ClN4/c28-24-8-4-3-7-23(24)26-31-25-22(20-10-9-18-5-1-2-6-19(18)17-20)13-16-30-27(25)32(26)21-11-14-29-15-12-21/h1-10,13,16-17,21,29H,11-12,14-15H2. The minimum absolute atomic E-state index is 0.340. The van der Waals surface area contributed by atoms with Crippen LogP contribution in [0, 0.1) is 0 Å². The van der Waals surface area contributed by atoms with Crippen LogP contribution < -0.4 is 5.32 Å². The molecule has 0 amide bonds. The van der Waals surface area contributed by atoms with Crippen LogP contribution in [0.2, 0.25) is 5.02 Å². The second-order valence-electron chi connectivity index (χ2n) is 8.36. The second kappa shape index (κ2) is 8.05. The summed E-state index contributed by atoms with van der Waals surface area (Å²) in [6, 6.07) is 25.4. The molecule has 5 aromatic rings. The fraction of sp³-hybridized carbons (Fsp3) is 0.185. The number of nitrogens with one attached hydrogen (secondary N) is 1. The Hall–Kier alpha value is -3.21. The molecule has 32 heavy (non-hydrogen) atoms. The maximum atomic E-state index is 6.63. The fourth-order valence-corrected chi connectivity index (χ4v) is 5.04. The van der Waals surface area contributed by atoms with Gasteiger partial charge in [0.25, 0.3) is 0 Å². The molecule has 1 N–H and O–H groups in total. The van der Waals surface area contributed by atoms with E-state index in [4.69, 9.17) is 21.6 Å². The van der Waals surface area contributed by atoms with Crippen LogP contribution in [0.15, 0.2) is 79.0 Å². The van der Waals surface area contributed by atoms with E-state index >= 15 is 0 Å². The Balaban J connectivity index is 1.61. The number of benzene rings is 3.